The van der Waals surface area contributed by atoms with Gasteiger partial charge in [-0.25, -0.2) is 0 Å². The van der Waals surface area contributed by atoms with Crippen LogP contribution in [0.2, 0.25) is 0 Å². The van der Waals surface area contributed by atoms with Crippen LogP contribution in [-0.4, -0.2) is 11.2 Å². The van der Waals surface area contributed by atoms with Crippen molar-refractivity contribution in [3.05, 3.63) is 154 Å². The Labute approximate surface area is 314 Å². The first-order valence-corrected chi connectivity index (χ1v) is 20.0. The Morgan fingerprint density at radius 2 is 1.56 bits per heavy atom. The molecule has 6 aromatic rings. The first kappa shape index (κ1) is 35.7. The van der Waals surface area contributed by atoms with Crippen molar-refractivity contribution in [2.45, 2.75) is 77.7 Å². The van der Waals surface area contributed by atoms with E-state index in [0.717, 1.165) is 56.6 Å². The lowest BCUT2D eigenvalue weighted by Crippen LogP contribution is -2.17. The molecule has 52 heavy (non-hydrogen) atoms. The van der Waals surface area contributed by atoms with Gasteiger partial charge in [-0.05, 0) is 119 Å². The second-order valence-electron chi connectivity index (χ2n) is 14.3. The average molecular weight is 702 g/mol. The summed E-state index contributed by atoms with van der Waals surface area (Å²) in [6, 6.07) is 35.3. The van der Waals surface area contributed by atoms with E-state index in [9.17, 15) is 0 Å². The van der Waals surface area contributed by atoms with E-state index in [1.54, 1.807) is 0 Å². The van der Waals surface area contributed by atoms with Crippen LogP contribution in [0, 0.1) is 12.8 Å². The first-order chi connectivity index (χ1) is 25.5. The van der Waals surface area contributed by atoms with Gasteiger partial charge in [0.1, 0.15) is 5.75 Å². The second-order valence-corrected chi connectivity index (χ2v) is 15.4. The molecule has 1 heterocycles. The van der Waals surface area contributed by atoms with Gasteiger partial charge < -0.3 is 9.30 Å². The third kappa shape index (κ3) is 7.43. The van der Waals surface area contributed by atoms with E-state index in [4.69, 9.17) is 4.74 Å². The van der Waals surface area contributed by atoms with Crippen molar-refractivity contribution < 1.29 is 4.74 Å². The number of benzene rings is 5. The lowest BCUT2D eigenvalue weighted by atomic mass is 9.85. The fourth-order valence-electron chi connectivity index (χ4n) is 7.66. The number of nitrogens with zero attached hydrogens (tertiary/aromatic N) is 1. The topological polar surface area (TPSA) is 14.2 Å². The zero-order valence-corrected chi connectivity index (χ0v) is 32.1. The Morgan fingerprint density at radius 3 is 2.33 bits per heavy atom. The fourth-order valence-corrected chi connectivity index (χ4v) is 8.85. The summed E-state index contributed by atoms with van der Waals surface area (Å²) in [5.74, 6) is 1.37. The molecule has 0 N–H and O–H groups in total. The molecule has 0 fully saturated rings. The number of hydrogen-bond donors (Lipinski definition) is 0. The molecule has 0 spiro atoms. The number of hydrogen-bond acceptors (Lipinski definition) is 2. The first-order valence-electron chi connectivity index (χ1n) is 19.2. The van der Waals surface area contributed by atoms with Crippen molar-refractivity contribution in [2.24, 2.45) is 5.92 Å². The van der Waals surface area contributed by atoms with Crippen LogP contribution in [0.5, 0.6) is 5.75 Å². The van der Waals surface area contributed by atoms with Crippen LogP contribution >= 0.6 is 11.8 Å². The molecule has 0 aliphatic heterocycles. The van der Waals surface area contributed by atoms with Gasteiger partial charge in [-0.3, -0.25) is 0 Å². The molecule has 1 atom stereocenters. The van der Waals surface area contributed by atoms with Crippen molar-refractivity contribution >= 4 is 55.9 Å². The minimum absolute atomic E-state index is 0.431. The van der Waals surface area contributed by atoms with Crippen LogP contribution in [0.25, 0.3) is 44.1 Å². The van der Waals surface area contributed by atoms with E-state index < -0.39 is 0 Å². The highest BCUT2D eigenvalue weighted by Gasteiger charge is 2.23. The summed E-state index contributed by atoms with van der Waals surface area (Å²) in [7, 11) is 0. The fraction of sp³-hybridized carbons (Fsp3) is 0.265. The van der Waals surface area contributed by atoms with Crippen LogP contribution in [-0.2, 0) is 6.54 Å². The molecule has 1 aliphatic carbocycles. The molecular formula is C49H51NOS. The molecule has 264 valence electrons. The van der Waals surface area contributed by atoms with Crippen molar-refractivity contribution in [3.63, 3.8) is 0 Å². The minimum Gasteiger partial charge on any atom is -0.494 e. The van der Waals surface area contributed by atoms with Gasteiger partial charge in [0, 0.05) is 38.0 Å². The van der Waals surface area contributed by atoms with Gasteiger partial charge in [0.15, 0.2) is 0 Å². The zero-order valence-electron chi connectivity index (χ0n) is 31.3. The molecule has 0 radical (unpaired) electrons. The highest BCUT2D eigenvalue weighted by atomic mass is 32.2. The number of unbranched alkanes of at least 4 members (excludes halogenated alkanes) is 2. The maximum Gasteiger partial charge on any atom is 0.119 e. The van der Waals surface area contributed by atoms with E-state index in [-0.39, 0.29) is 0 Å². The Morgan fingerprint density at radius 1 is 0.846 bits per heavy atom. The molecule has 1 unspecified atom stereocenters. The van der Waals surface area contributed by atoms with Gasteiger partial charge in [0.25, 0.3) is 0 Å². The van der Waals surface area contributed by atoms with Gasteiger partial charge in [-0.15, -0.1) is 0 Å². The van der Waals surface area contributed by atoms with E-state index in [0.29, 0.717) is 5.92 Å². The summed E-state index contributed by atoms with van der Waals surface area (Å²) in [6.07, 6.45) is 16.1. The maximum atomic E-state index is 6.01. The van der Waals surface area contributed by atoms with E-state index in [1.165, 1.54) is 76.3 Å². The van der Waals surface area contributed by atoms with Crippen molar-refractivity contribution in [2.75, 3.05) is 6.61 Å². The number of allylic oxidation sites excluding steroid dienone is 6. The molecule has 1 aromatic heterocycles. The standard InChI is InChI=1S/C49H51NOS/c1-6-8-32-50-45(44-20-12-17-38-18-13-21-46(50)48(38)44)31-30-43-35(4)23-25-39(49(43)52-41-28-26-40(27-29-41)51-33-9-7-2)24-22-34(3)42-19-11-16-37-15-10-14-36(5)47(37)42/h10-22,24,26-31,35H,3,6-9,23,25,32-33H2,1-2,4-5H3/b24-22+,43-30+,45-31+. The number of thioether (sulfide) groups is 1. The van der Waals surface area contributed by atoms with Gasteiger partial charge in [-0.1, -0.05) is 137 Å². The largest absolute Gasteiger partial charge is 0.494 e. The number of fused-ring (bicyclic) bond motifs is 1. The van der Waals surface area contributed by atoms with E-state index >= 15 is 0 Å². The summed E-state index contributed by atoms with van der Waals surface area (Å²) in [5, 5.41) is 7.87. The van der Waals surface area contributed by atoms with Crippen LogP contribution in [0.1, 0.15) is 70.4 Å². The number of aryl methyl sites for hydroxylation is 2. The summed E-state index contributed by atoms with van der Waals surface area (Å²) in [5.41, 5.74) is 7.63. The van der Waals surface area contributed by atoms with Gasteiger partial charge >= 0.3 is 0 Å². The molecule has 0 saturated carbocycles. The van der Waals surface area contributed by atoms with Crippen molar-refractivity contribution in [3.8, 4) is 5.75 Å². The van der Waals surface area contributed by atoms with Crippen LogP contribution in [0.3, 0.4) is 0 Å². The molecule has 0 saturated heterocycles. The molecule has 5 aromatic carbocycles. The van der Waals surface area contributed by atoms with Gasteiger partial charge in [0.2, 0.25) is 0 Å². The summed E-state index contributed by atoms with van der Waals surface area (Å²) >= 11 is 1.88. The Kier molecular flexibility index (Phi) is 11.2. The third-order valence-corrected chi connectivity index (χ3v) is 11.8. The number of aromatic nitrogens is 1. The SMILES string of the molecule is C=C(/C=C/C1=C(Sc2ccc(OCCCC)cc2)C(=C/C=c2\c3cccc4cccc(c43)n2CCCC)/C(C)CC1)c1cccc2cccc(C)c12. The maximum absolute atomic E-state index is 6.01. The Bertz CT molecular complexity index is 2360. The monoisotopic (exact) mass is 701 g/mol. The van der Waals surface area contributed by atoms with Crippen molar-refractivity contribution in [1.29, 1.82) is 0 Å². The minimum atomic E-state index is 0.431. The summed E-state index contributed by atoms with van der Waals surface area (Å²) < 4.78 is 8.57. The average Bonchev–Trinajstić information content (AvgIpc) is 3.47. The van der Waals surface area contributed by atoms with Crippen molar-refractivity contribution in [1.82, 2.24) is 4.57 Å². The normalized spacial score (nSPS) is 16.3. The lowest BCUT2D eigenvalue weighted by Gasteiger charge is -2.27. The summed E-state index contributed by atoms with van der Waals surface area (Å²) in [6.45, 7) is 15.4. The predicted molar refractivity (Wildman–Crippen MR) is 227 cm³/mol. The lowest BCUT2D eigenvalue weighted by molar-refractivity contribution is 0.309. The Balaban J connectivity index is 1.33. The number of rotatable bonds is 13. The van der Waals surface area contributed by atoms with Gasteiger partial charge in [-0.2, -0.15) is 0 Å². The molecule has 0 amide bonds. The smallest absolute Gasteiger partial charge is 0.119 e. The molecule has 0 bridgehead atoms. The number of ether oxygens (including phenoxy) is 1. The highest BCUT2D eigenvalue weighted by Crippen LogP contribution is 2.44. The molecule has 1 aliphatic rings. The van der Waals surface area contributed by atoms with E-state index in [2.05, 4.69) is 160 Å². The van der Waals surface area contributed by atoms with E-state index in [1.807, 2.05) is 11.8 Å². The quantitative estimate of drug-likeness (QED) is 0.0879. The Hall–Kier alpha value is -4.73. The van der Waals surface area contributed by atoms with Crippen LogP contribution in [0.15, 0.2) is 143 Å². The third-order valence-electron chi connectivity index (χ3n) is 10.6. The highest BCUT2D eigenvalue weighted by molar-refractivity contribution is 8.03. The molecule has 3 heteroatoms. The molecular weight excluding hydrogens is 651 g/mol. The predicted octanol–water partition coefficient (Wildman–Crippen LogP) is 13.4. The molecule has 7 rings (SSSR count). The second kappa shape index (κ2) is 16.3. The van der Waals surface area contributed by atoms with Crippen LogP contribution in [0.4, 0.5) is 0 Å². The molecule has 2 nitrogen and oxygen atoms in total. The summed E-state index contributed by atoms with van der Waals surface area (Å²) in [4.78, 5) is 2.57. The van der Waals surface area contributed by atoms with Gasteiger partial charge in [0.05, 0.1) is 6.61 Å². The van der Waals surface area contributed by atoms with Crippen LogP contribution < -0.4 is 10.1 Å². The zero-order chi connectivity index (χ0) is 36.0.